The van der Waals surface area contributed by atoms with Crippen molar-refractivity contribution in [1.29, 1.82) is 0 Å². The topological polar surface area (TPSA) is 64.6 Å². The van der Waals surface area contributed by atoms with Gasteiger partial charge in [0, 0.05) is 31.5 Å². The largest absolute Gasteiger partial charge is 0.478 e. The average Bonchev–Trinajstić information content (AvgIpc) is 2.85. The number of rotatable bonds is 3. The van der Waals surface area contributed by atoms with Crippen LogP contribution in [0.25, 0.3) is 0 Å². The van der Waals surface area contributed by atoms with Gasteiger partial charge in [-0.25, -0.2) is 9.97 Å². The molecule has 3 rings (SSSR count). The predicted octanol–water partition coefficient (Wildman–Crippen LogP) is 0.549. The van der Waals surface area contributed by atoms with E-state index in [1.165, 1.54) is 0 Å². The van der Waals surface area contributed by atoms with Crippen LogP contribution in [-0.2, 0) is 22.5 Å². The van der Waals surface area contributed by atoms with Gasteiger partial charge in [0.2, 0.25) is 5.88 Å². The number of cyclic esters (lactones) is 1. The number of fused-ring (bicyclic) bond motifs is 1. The third-order valence-electron chi connectivity index (χ3n) is 3.62. The van der Waals surface area contributed by atoms with Gasteiger partial charge in [0.1, 0.15) is 12.4 Å². The Bertz CT molecular complexity index is 492. The normalized spacial score (nSPS) is 23.0. The number of carbonyl (C=O) groups is 1. The summed E-state index contributed by atoms with van der Waals surface area (Å²) in [5.41, 5.74) is 2.04. The number of hydrogen-bond acceptors (Lipinski definition) is 6. The molecule has 0 unspecified atom stereocenters. The molecule has 1 aromatic heterocycles. The van der Waals surface area contributed by atoms with Gasteiger partial charge in [0.15, 0.2) is 0 Å². The van der Waals surface area contributed by atoms with E-state index >= 15 is 0 Å². The van der Waals surface area contributed by atoms with Crippen LogP contribution < -0.4 is 4.74 Å². The first-order valence-corrected chi connectivity index (χ1v) is 6.66. The van der Waals surface area contributed by atoms with Gasteiger partial charge in [-0.2, -0.15) is 0 Å². The number of aromatic nitrogens is 2. The van der Waals surface area contributed by atoms with E-state index in [9.17, 15) is 4.79 Å². The predicted molar refractivity (Wildman–Crippen MR) is 66.7 cm³/mol. The number of nitrogens with zero attached hydrogens (tertiary/aromatic N) is 3. The van der Waals surface area contributed by atoms with Crippen LogP contribution in [0.1, 0.15) is 24.6 Å². The van der Waals surface area contributed by atoms with Crippen LogP contribution in [0.2, 0.25) is 0 Å². The third kappa shape index (κ3) is 2.28. The molecule has 6 nitrogen and oxygen atoms in total. The lowest BCUT2D eigenvalue weighted by atomic mass is 10.0. The Kier molecular flexibility index (Phi) is 3.33. The van der Waals surface area contributed by atoms with E-state index in [0.717, 1.165) is 30.6 Å². The molecule has 0 amide bonds. The molecule has 0 spiro atoms. The molecule has 19 heavy (non-hydrogen) atoms. The SMILES string of the molecule is CCOc1ncnc2c1CN([C@H]1CCOC1=O)CC2. The summed E-state index contributed by atoms with van der Waals surface area (Å²) in [6, 6.07) is -0.122. The van der Waals surface area contributed by atoms with Crippen molar-refractivity contribution in [3.8, 4) is 5.88 Å². The number of carbonyl (C=O) groups excluding carboxylic acids is 1. The second kappa shape index (κ2) is 5.13. The van der Waals surface area contributed by atoms with Gasteiger partial charge in [-0.15, -0.1) is 0 Å². The average molecular weight is 263 g/mol. The molecule has 0 N–H and O–H groups in total. The van der Waals surface area contributed by atoms with Crippen molar-refractivity contribution >= 4 is 5.97 Å². The van der Waals surface area contributed by atoms with Crippen LogP contribution in [0, 0.1) is 0 Å². The molecule has 0 aliphatic carbocycles. The van der Waals surface area contributed by atoms with Gasteiger partial charge >= 0.3 is 5.97 Å². The first-order valence-electron chi connectivity index (χ1n) is 6.66. The summed E-state index contributed by atoms with van der Waals surface area (Å²) >= 11 is 0. The van der Waals surface area contributed by atoms with E-state index in [0.29, 0.717) is 25.6 Å². The molecule has 2 aliphatic heterocycles. The Labute approximate surface area is 111 Å². The van der Waals surface area contributed by atoms with Crippen LogP contribution in [0.4, 0.5) is 0 Å². The Hall–Kier alpha value is -1.69. The van der Waals surface area contributed by atoms with Crippen LogP contribution in [0.15, 0.2) is 6.33 Å². The fourth-order valence-electron chi connectivity index (χ4n) is 2.68. The van der Waals surface area contributed by atoms with Gasteiger partial charge in [0.05, 0.1) is 18.9 Å². The second-order valence-electron chi connectivity index (χ2n) is 4.73. The molecule has 1 saturated heterocycles. The van der Waals surface area contributed by atoms with Crippen LogP contribution >= 0.6 is 0 Å². The highest BCUT2D eigenvalue weighted by molar-refractivity contribution is 5.77. The van der Waals surface area contributed by atoms with Crippen molar-refractivity contribution in [2.24, 2.45) is 0 Å². The highest BCUT2D eigenvalue weighted by Crippen LogP contribution is 2.27. The van der Waals surface area contributed by atoms with Crippen LogP contribution in [-0.4, -0.2) is 46.6 Å². The number of esters is 1. The first kappa shape index (κ1) is 12.3. The van der Waals surface area contributed by atoms with Crippen molar-refractivity contribution in [3.63, 3.8) is 0 Å². The fraction of sp³-hybridized carbons (Fsp3) is 0.615. The maximum Gasteiger partial charge on any atom is 0.323 e. The Morgan fingerprint density at radius 3 is 3.16 bits per heavy atom. The van der Waals surface area contributed by atoms with E-state index in [-0.39, 0.29) is 12.0 Å². The monoisotopic (exact) mass is 263 g/mol. The Morgan fingerprint density at radius 2 is 2.42 bits per heavy atom. The summed E-state index contributed by atoms with van der Waals surface area (Å²) in [6.45, 7) is 4.52. The minimum Gasteiger partial charge on any atom is -0.478 e. The van der Waals surface area contributed by atoms with Crippen molar-refractivity contribution in [2.75, 3.05) is 19.8 Å². The molecule has 3 heterocycles. The number of hydrogen-bond donors (Lipinski definition) is 0. The lowest BCUT2D eigenvalue weighted by Crippen LogP contribution is -2.42. The molecular formula is C13H17N3O3. The summed E-state index contributed by atoms with van der Waals surface area (Å²) in [4.78, 5) is 22.3. The van der Waals surface area contributed by atoms with Crippen molar-refractivity contribution in [2.45, 2.75) is 32.4 Å². The highest BCUT2D eigenvalue weighted by Gasteiger charge is 2.35. The zero-order chi connectivity index (χ0) is 13.2. The summed E-state index contributed by atoms with van der Waals surface area (Å²) in [5, 5.41) is 0. The molecule has 0 saturated carbocycles. The molecule has 1 atom stereocenters. The minimum atomic E-state index is -0.122. The molecule has 1 aromatic rings. The van der Waals surface area contributed by atoms with E-state index in [4.69, 9.17) is 9.47 Å². The summed E-state index contributed by atoms with van der Waals surface area (Å²) in [5.74, 6) is 0.529. The lowest BCUT2D eigenvalue weighted by Gasteiger charge is -2.31. The van der Waals surface area contributed by atoms with Crippen molar-refractivity contribution in [3.05, 3.63) is 17.6 Å². The summed E-state index contributed by atoms with van der Waals surface area (Å²) in [7, 11) is 0. The van der Waals surface area contributed by atoms with Gasteiger partial charge in [0.25, 0.3) is 0 Å². The zero-order valence-electron chi connectivity index (χ0n) is 11.0. The van der Waals surface area contributed by atoms with Gasteiger partial charge < -0.3 is 9.47 Å². The van der Waals surface area contributed by atoms with Gasteiger partial charge in [-0.1, -0.05) is 0 Å². The summed E-state index contributed by atoms with van der Waals surface area (Å²) < 4.78 is 10.6. The van der Waals surface area contributed by atoms with E-state index in [1.54, 1.807) is 6.33 Å². The van der Waals surface area contributed by atoms with E-state index in [1.807, 2.05) is 6.92 Å². The van der Waals surface area contributed by atoms with Crippen molar-refractivity contribution < 1.29 is 14.3 Å². The maximum absolute atomic E-state index is 11.7. The zero-order valence-corrected chi connectivity index (χ0v) is 11.0. The summed E-state index contributed by atoms with van der Waals surface area (Å²) in [6.07, 6.45) is 3.14. The van der Waals surface area contributed by atoms with E-state index in [2.05, 4.69) is 14.9 Å². The lowest BCUT2D eigenvalue weighted by molar-refractivity contribution is -0.142. The smallest absolute Gasteiger partial charge is 0.323 e. The van der Waals surface area contributed by atoms with Gasteiger partial charge in [-0.3, -0.25) is 9.69 Å². The fourth-order valence-corrected chi connectivity index (χ4v) is 2.68. The molecule has 0 aromatic carbocycles. The second-order valence-corrected chi connectivity index (χ2v) is 4.73. The van der Waals surface area contributed by atoms with E-state index < -0.39 is 0 Å². The maximum atomic E-state index is 11.7. The quantitative estimate of drug-likeness (QED) is 0.742. The van der Waals surface area contributed by atoms with Crippen molar-refractivity contribution in [1.82, 2.24) is 14.9 Å². The molecular weight excluding hydrogens is 246 g/mol. The third-order valence-corrected chi connectivity index (χ3v) is 3.62. The van der Waals surface area contributed by atoms with Gasteiger partial charge in [-0.05, 0) is 6.92 Å². The molecule has 0 radical (unpaired) electrons. The Morgan fingerprint density at radius 1 is 1.53 bits per heavy atom. The highest BCUT2D eigenvalue weighted by atomic mass is 16.5. The standard InChI is InChI=1S/C13H17N3O3/c1-2-18-12-9-7-16(11-4-6-19-13(11)17)5-3-10(9)14-8-15-12/h8,11H,2-7H2,1H3/t11-/m0/s1. The molecule has 102 valence electrons. The molecule has 2 aliphatic rings. The van der Waals surface area contributed by atoms with Crippen LogP contribution in [0.3, 0.4) is 0 Å². The molecule has 6 heteroatoms. The van der Waals surface area contributed by atoms with Crippen LogP contribution in [0.5, 0.6) is 5.88 Å². The Balaban J connectivity index is 1.83. The molecule has 0 bridgehead atoms. The first-order chi connectivity index (χ1) is 9.29. The minimum absolute atomic E-state index is 0.113. The molecule has 1 fully saturated rings. The number of ether oxygens (including phenoxy) is 2.